The van der Waals surface area contributed by atoms with Gasteiger partial charge in [-0.05, 0) is 31.1 Å². The van der Waals surface area contributed by atoms with Crippen LogP contribution in [0.15, 0.2) is 0 Å². The van der Waals surface area contributed by atoms with Gasteiger partial charge in [-0.1, -0.05) is 0 Å². The Morgan fingerprint density at radius 3 is 2.50 bits per heavy atom. The van der Waals surface area contributed by atoms with Crippen molar-refractivity contribution in [2.24, 2.45) is 23.5 Å². The highest BCUT2D eigenvalue weighted by atomic mass is 16.5. The van der Waals surface area contributed by atoms with Gasteiger partial charge in [0.2, 0.25) is 5.91 Å². The summed E-state index contributed by atoms with van der Waals surface area (Å²) in [5.41, 5.74) is 5.22. The van der Waals surface area contributed by atoms with Crippen LogP contribution in [0.4, 0.5) is 0 Å². The average molecular weight is 169 g/mol. The van der Waals surface area contributed by atoms with Gasteiger partial charge in [0.05, 0.1) is 0 Å². The Balaban J connectivity index is 1.83. The largest absolute Gasteiger partial charge is 0.381 e. The molecular formula is C9H15NO2. The molecule has 12 heavy (non-hydrogen) atoms. The van der Waals surface area contributed by atoms with Gasteiger partial charge < -0.3 is 10.5 Å². The summed E-state index contributed by atoms with van der Waals surface area (Å²) in [6.07, 6.45) is 3.27. The molecule has 2 aliphatic rings. The van der Waals surface area contributed by atoms with Crippen LogP contribution < -0.4 is 5.73 Å². The smallest absolute Gasteiger partial charge is 0.220 e. The Morgan fingerprint density at radius 1 is 1.33 bits per heavy atom. The van der Waals surface area contributed by atoms with E-state index in [0.29, 0.717) is 11.8 Å². The summed E-state index contributed by atoms with van der Waals surface area (Å²) in [4.78, 5) is 10.8. The number of carbonyl (C=O) groups excluding carboxylic acids is 1. The third-order valence-electron chi connectivity index (χ3n) is 3.08. The number of hydrogen-bond donors (Lipinski definition) is 1. The molecule has 2 N–H and O–H groups in total. The zero-order chi connectivity index (χ0) is 8.55. The lowest BCUT2D eigenvalue weighted by Gasteiger charge is -2.21. The number of carbonyl (C=O) groups is 1. The first-order valence-corrected chi connectivity index (χ1v) is 4.66. The summed E-state index contributed by atoms with van der Waals surface area (Å²) in [7, 11) is 0. The normalized spacial score (nSPS) is 36.3. The third kappa shape index (κ3) is 1.46. The quantitative estimate of drug-likeness (QED) is 0.655. The zero-order valence-corrected chi connectivity index (χ0v) is 7.16. The van der Waals surface area contributed by atoms with Crippen molar-refractivity contribution in [3.63, 3.8) is 0 Å². The lowest BCUT2D eigenvalue weighted by molar-refractivity contribution is -0.119. The predicted molar refractivity (Wildman–Crippen MR) is 44.3 cm³/mol. The molecule has 1 saturated heterocycles. The van der Waals surface area contributed by atoms with Crippen molar-refractivity contribution in [2.45, 2.75) is 19.3 Å². The van der Waals surface area contributed by atoms with Gasteiger partial charge in [0.1, 0.15) is 0 Å². The second-order valence-electron chi connectivity index (χ2n) is 3.86. The minimum absolute atomic E-state index is 0.105. The maximum atomic E-state index is 10.8. The van der Waals surface area contributed by atoms with Crippen LogP contribution in [-0.4, -0.2) is 19.1 Å². The van der Waals surface area contributed by atoms with Crippen LogP contribution in [0.25, 0.3) is 0 Å². The molecule has 3 heteroatoms. The molecule has 0 aromatic carbocycles. The molecule has 1 aliphatic carbocycles. The molecule has 1 amide bonds. The molecule has 1 heterocycles. The number of nitrogens with two attached hydrogens (primary N) is 1. The molecule has 0 aromatic rings. The molecule has 0 radical (unpaired) electrons. The SMILES string of the molecule is NC(=O)C1CC1C1CCOCC1. The Morgan fingerprint density at radius 2 is 2.00 bits per heavy atom. The van der Waals surface area contributed by atoms with Gasteiger partial charge >= 0.3 is 0 Å². The molecule has 3 nitrogen and oxygen atoms in total. The highest BCUT2D eigenvalue weighted by molar-refractivity contribution is 5.79. The average Bonchev–Trinajstić information content (AvgIpc) is 2.84. The van der Waals surface area contributed by atoms with E-state index in [1.807, 2.05) is 0 Å². The molecule has 2 atom stereocenters. The Hall–Kier alpha value is -0.570. The van der Waals surface area contributed by atoms with Crippen LogP contribution >= 0.6 is 0 Å². The molecule has 0 aromatic heterocycles. The fourth-order valence-corrected chi connectivity index (χ4v) is 2.21. The summed E-state index contributed by atoms with van der Waals surface area (Å²) < 4.78 is 5.26. The maximum Gasteiger partial charge on any atom is 0.220 e. The zero-order valence-electron chi connectivity index (χ0n) is 7.16. The topological polar surface area (TPSA) is 52.3 Å². The van der Waals surface area contributed by atoms with Crippen molar-refractivity contribution in [1.82, 2.24) is 0 Å². The summed E-state index contributed by atoms with van der Waals surface area (Å²) in [6.45, 7) is 1.74. The molecule has 2 rings (SSSR count). The van der Waals surface area contributed by atoms with Gasteiger partial charge in [-0.3, -0.25) is 4.79 Å². The lowest BCUT2D eigenvalue weighted by atomic mass is 9.93. The number of ether oxygens (including phenoxy) is 1. The highest BCUT2D eigenvalue weighted by Crippen LogP contribution is 2.47. The van der Waals surface area contributed by atoms with Crippen molar-refractivity contribution >= 4 is 5.91 Å². The Labute approximate surface area is 72.3 Å². The van der Waals surface area contributed by atoms with E-state index in [2.05, 4.69) is 0 Å². The summed E-state index contributed by atoms with van der Waals surface area (Å²) in [6, 6.07) is 0. The molecular weight excluding hydrogens is 154 g/mol. The van der Waals surface area contributed by atoms with E-state index in [1.165, 1.54) is 0 Å². The second kappa shape index (κ2) is 3.05. The van der Waals surface area contributed by atoms with E-state index in [9.17, 15) is 4.79 Å². The van der Waals surface area contributed by atoms with Crippen LogP contribution in [-0.2, 0) is 9.53 Å². The van der Waals surface area contributed by atoms with Gasteiger partial charge in [0.25, 0.3) is 0 Å². The first-order chi connectivity index (χ1) is 5.79. The van der Waals surface area contributed by atoms with Crippen LogP contribution in [0.2, 0.25) is 0 Å². The van der Waals surface area contributed by atoms with Gasteiger partial charge in [-0.25, -0.2) is 0 Å². The number of rotatable bonds is 2. The number of hydrogen-bond acceptors (Lipinski definition) is 2. The van der Waals surface area contributed by atoms with E-state index in [1.54, 1.807) is 0 Å². The van der Waals surface area contributed by atoms with Crippen molar-refractivity contribution in [3.05, 3.63) is 0 Å². The summed E-state index contributed by atoms with van der Waals surface area (Å²) >= 11 is 0. The molecule has 68 valence electrons. The van der Waals surface area contributed by atoms with Gasteiger partial charge in [0, 0.05) is 19.1 Å². The van der Waals surface area contributed by atoms with Gasteiger partial charge in [0.15, 0.2) is 0 Å². The Kier molecular flexibility index (Phi) is 2.05. The molecule has 1 aliphatic heterocycles. The highest BCUT2D eigenvalue weighted by Gasteiger charge is 2.46. The minimum Gasteiger partial charge on any atom is -0.381 e. The van der Waals surface area contributed by atoms with Crippen molar-refractivity contribution in [1.29, 1.82) is 0 Å². The predicted octanol–water partition coefficient (Wildman–Crippen LogP) is 0.534. The van der Waals surface area contributed by atoms with Gasteiger partial charge in [-0.15, -0.1) is 0 Å². The first kappa shape index (κ1) is 8.05. The van der Waals surface area contributed by atoms with Crippen molar-refractivity contribution in [2.75, 3.05) is 13.2 Å². The molecule has 0 spiro atoms. The van der Waals surface area contributed by atoms with Crippen LogP contribution in [0, 0.1) is 17.8 Å². The van der Waals surface area contributed by atoms with Crippen LogP contribution in [0.5, 0.6) is 0 Å². The molecule has 2 unspecified atom stereocenters. The van der Waals surface area contributed by atoms with Crippen LogP contribution in [0.3, 0.4) is 0 Å². The summed E-state index contributed by atoms with van der Waals surface area (Å²) in [5.74, 6) is 1.38. The standard InChI is InChI=1S/C9H15NO2/c10-9(11)8-5-7(8)6-1-3-12-4-2-6/h6-8H,1-5H2,(H2,10,11). The first-order valence-electron chi connectivity index (χ1n) is 4.66. The molecule has 1 saturated carbocycles. The lowest BCUT2D eigenvalue weighted by Crippen LogP contribution is -2.21. The maximum absolute atomic E-state index is 10.8. The van der Waals surface area contributed by atoms with E-state index in [4.69, 9.17) is 10.5 Å². The van der Waals surface area contributed by atoms with Crippen LogP contribution in [0.1, 0.15) is 19.3 Å². The molecule has 0 bridgehead atoms. The third-order valence-corrected chi connectivity index (χ3v) is 3.08. The monoisotopic (exact) mass is 169 g/mol. The van der Waals surface area contributed by atoms with E-state index in [0.717, 1.165) is 32.5 Å². The second-order valence-corrected chi connectivity index (χ2v) is 3.86. The van der Waals surface area contributed by atoms with Crippen molar-refractivity contribution < 1.29 is 9.53 Å². The number of primary amides is 1. The van der Waals surface area contributed by atoms with Gasteiger partial charge in [-0.2, -0.15) is 0 Å². The fraction of sp³-hybridized carbons (Fsp3) is 0.889. The minimum atomic E-state index is -0.105. The Bertz CT molecular complexity index is 187. The molecule has 2 fully saturated rings. The van der Waals surface area contributed by atoms with Crippen molar-refractivity contribution in [3.8, 4) is 0 Å². The number of amides is 1. The van der Waals surface area contributed by atoms with E-state index >= 15 is 0 Å². The van der Waals surface area contributed by atoms with E-state index in [-0.39, 0.29) is 11.8 Å². The summed E-state index contributed by atoms with van der Waals surface area (Å²) in [5, 5.41) is 0. The van der Waals surface area contributed by atoms with E-state index < -0.39 is 0 Å². The fourth-order valence-electron chi connectivity index (χ4n) is 2.21.